The largest absolute Gasteiger partial charge is 0.352 e. The first-order valence-corrected chi connectivity index (χ1v) is 8.59. The van der Waals surface area contributed by atoms with Gasteiger partial charge in [-0.15, -0.1) is 0 Å². The Hall–Kier alpha value is -1.19. The van der Waals surface area contributed by atoms with Crippen molar-refractivity contribution in [3.05, 3.63) is 22.9 Å². The van der Waals surface area contributed by atoms with Gasteiger partial charge in [-0.2, -0.15) is 5.26 Å². The molecule has 2 rings (SSSR count). The van der Waals surface area contributed by atoms with Crippen LogP contribution in [0.25, 0.3) is 0 Å². The molecule has 21 heavy (non-hydrogen) atoms. The van der Waals surface area contributed by atoms with Gasteiger partial charge in [0.2, 0.25) is 0 Å². The molecule has 0 aromatic carbocycles. The van der Waals surface area contributed by atoms with E-state index in [4.69, 9.17) is 19.0 Å². The number of H-pyrrole nitrogens is 1. The predicted octanol–water partition coefficient (Wildman–Crippen LogP) is 2.13. The second kappa shape index (κ2) is 7.71. The van der Waals surface area contributed by atoms with Crippen molar-refractivity contribution in [1.82, 2.24) is 9.55 Å². The van der Waals surface area contributed by atoms with Gasteiger partial charge in [0.1, 0.15) is 6.23 Å². The van der Waals surface area contributed by atoms with Crippen molar-refractivity contribution in [2.75, 3.05) is 13.3 Å². The molecule has 1 aromatic heterocycles. The highest BCUT2D eigenvalue weighted by Crippen LogP contribution is 2.42. The number of aromatic nitrogens is 2. The van der Waals surface area contributed by atoms with Gasteiger partial charge in [-0.1, -0.05) is 6.92 Å². The summed E-state index contributed by atoms with van der Waals surface area (Å²) in [5.74, 6) is 0. The maximum Gasteiger partial charge on any atom is 0.327 e. The predicted molar refractivity (Wildman–Crippen MR) is 77.8 cm³/mol. The Kier molecular flexibility index (Phi) is 5.95. The molecular weight excluding hydrogens is 293 g/mol. The minimum atomic E-state index is -1.05. The normalized spacial score (nSPS) is 26.6. The van der Waals surface area contributed by atoms with Gasteiger partial charge in [0.15, 0.2) is 8.38 Å². The minimum Gasteiger partial charge on any atom is -0.352 e. The fourth-order valence-electron chi connectivity index (χ4n) is 2.34. The Morgan fingerprint density at radius 3 is 3.10 bits per heavy atom. The number of aromatic amines is 1. The van der Waals surface area contributed by atoms with Crippen LogP contribution < -0.4 is 5.69 Å². The molecule has 2 heterocycles. The summed E-state index contributed by atoms with van der Waals surface area (Å²) in [6.45, 7) is 4.27. The van der Waals surface area contributed by atoms with Gasteiger partial charge in [-0.25, -0.2) is 4.79 Å². The number of hydrogen-bond acceptors (Lipinski definition) is 5. The number of nitrogens with one attached hydrogen (secondary N) is 1. The number of hydrogen-bond donors (Lipinski definition) is 1. The molecule has 0 bridgehead atoms. The van der Waals surface area contributed by atoms with Crippen LogP contribution in [-0.2, 0) is 13.8 Å². The van der Waals surface area contributed by atoms with E-state index < -0.39 is 8.38 Å². The Bertz CT molecular complexity index is 538. The van der Waals surface area contributed by atoms with Crippen LogP contribution in [0.4, 0.5) is 0 Å². The first-order chi connectivity index (χ1) is 10.2. The van der Waals surface area contributed by atoms with Gasteiger partial charge in [0.05, 0.1) is 31.3 Å². The molecule has 0 saturated carbocycles. The molecule has 0 radical (unpaired) electrons. The van der Waals surface area contributed by atoms with Gasteiger partial charge in [0, 0.05) is 25.5 Å². The fraction of sp³-hybridized carbons (Fsp3) is 0.692. The molecule has 0 aliphatic carbocycles. The van der Waals surface area contributed by atoms with Crippen LogP contribution in [0.5, 0.6) is 0 Å². The quantitative estimate of drug-likeness (QED) is 0.615. The summed E-state index contributed by atoms with van der Waals surface area (Å²) in [5, 5.41) is 8.49. The molecule has 7 nitrogen and oxygen atoms in total. The van der Waals surface area contributed by atoms with Crippen LogP contribution in [0.3, 0.4) is 0 Å². The zero-order valence-corrected chi connectivity index (χ0v) is 13.1. The third-order valence-electron chi connectivity index (χ3n) is 3.34. The number of nitriles is 1. The lowest BCUT2D eigenvalue weighted by atomic mass is 10.1. The van der Waals surface area contributed by atoms with E-state index in [0.717, 1.165) is 6.42 Å². The van der Waals surface area contributed by atoms with Crippen molar-refractivity contribution in [2.24, 2.45) is 0 Å². The first-order valence-electron chi connectivity index (χ1n) is 6.97. The van der Waals surface area contributed by atoms with Crippen molar-refractivity contribution in [1.29, 1.82) is 5.26 Å². The first kappa shape index (κ1) is 16.2. The molecule has 1 fully saturated rings. The van der Waals surface area contributed by atoms with E-state index in [2.05, 4.69) is 4.98 Å². The van der Waals surface area contributed by atoms with Crippen molar-refractivity contribution in [3.8, 4) is 6.07 Å². The average Bonchev–Trinajstić information content (AvgIpc) is 3.05. The topological polar surface area (TPSA) is 89.3 Å². The third-order valence-corrected chi connectivity index (χ3v) is 4.45. The summed E-state index contributed by atoms with van der Waals surface area (Å²) in [7, 11) is -1.05. The average molecular weight is 313 g/mol. The van der Waals surface area contributed by atoms with Crippen molar-refractivity contribution in [2.45, 2.75) is 44.6 Å². The smallest absolute Gasteiger partial charge is 0.327 e. The Balaban J connectivity index is 1.92. The maximum atomic E-state index is 11.6. The van der Waals surface area contributed by atoms with Gasteiger partial charge in [0.25, 0.3) is 0 Å². The summed E-state index contributed by atoms with van der Waals surface area (Å²) in [5.41, 5.74) is -0.181. The van der Waals surface area contributed by atoms with Crippen molar-refractivity contribution >= 4 is 8.38 Å². The standard InChI is InChI=1S/C13H20N3O4P/c1-3-10-11(20-21(2)18-8-4-5-14)9-12(19-10)16-7-6-15-13(16)17/h6-7,10-12H,3-4,8-9H2,1-2H3,(H,15,17)/t10-,11?,12-,21?/m1/s1. The third kappa shape index (κ3) is 4.14. The second-order valence-corrected chi connectivity index (χ2v) is 6.12. The molecule has 1 N–H and O–H groups in total. The molecule has 1 aliphatic heterocycles. The lowest BCUT2D eigenvalue weighted by Gasteiger charge is -2.20. The van der Waals surface area contributed by atoms with Crippen LogP contribution in [-0.4, -0.2) is 35.0 Å². The molecule has 0 spiro atoms. The SMILES string of the molecule is CC[C@H]1O[C@@H](n2cc[nH]c2=O)CC1OP(C)OCCC#N. The van der Waals surface area contributed by atoms with E-state index in [1.807, 2.05) is 19.7 Å². The lowest BCUT2D eigenvalue weighted by molar-refractivity contribution is -0.0174. The molecule has 1 saturated heterocycles. The monoisotopic (exact) mass is 313 g/mol. The summed E-state index contributed by atoms with van der Waals surface area (Å²) < 4.78 is 18.8. The van der Waals surface area contributed by atoms with Crippen molar-refractivity contribution in [3.63, 3.8) is 0 Å². The number of nitrogens with zero attached hydrogens (tertiary/aromatic N) is 2. The van der Waals surface area contributed by atoms with E-state index >= 15 is 0 Å². The number of rotatable bonds is 7. The molecular formula is C13H20N3O4P. The number of ether oxygens (including phenoxy) is 1. The lowest BCUT2D eigenvalue weighted by Crippen LogP contribution is -2.22. The van der Waals surface area contributed by atoms with Gasteiger partial charge >= 0.3 is 5.69 Å². The van der Waals surface area contributed by atoms with Crippen molar-refractivity contribution < 1.29 is 13.8 Å². The Morgan fingerprint density at radius 1 is 1.67 bits per heavy atom. The Labute approximate surface area is 124 Å². The molecule has 0 amide bonds. The van der Waals surface area contributed by atoms with Crippen LogP contribution in [0.1, 0.15) is 32.4 Å². The van der Waals surface area contributed by atoms with Crippen LogP contribution in [0.15, 0.2) is 17.2 Å². The molecule has 8 heteroatoms. The summed E-state index contributed by atoms with van der Waals surface area (Å²) in [4.78, 5) is 14.2. The zero-order chi connectivity index (χ0) is 15.2. The molecule has 116 valence electrons. The van der Waals surface area contributed by atoms with E-state index in [1.165, 1.54) is 0 Å². The Morgan fingerprint density at radius 2 is 2.48 bits per heavy atom. The molecule has 2 unspecified atom stereocenters. The molecule has 1 aromatic rings. The van der Waals surface area contributed by atoms with E-state index in [9.17, 15) is 4.79 Å². The zero-order valence-electron chi connectivity index (χ0n) is 12.2. The van der Waals surface area contributed by atoms with Gasteiger partial charge in [-0.3, -0.25) is 4.57 Å². The van der Waals surface area contributed by atoms with E-state index in [1.54, 1.807) is 17.0 Å². The fourth-order valence-corrected chi connectivity index (χ4v) is 3.36. The molecule has 1 aliphatic rings. The van der Waals surface area contributed by atoms with E-state index in [0.29, 0.717) is 19.4 Å². The van der Waals surface area contributed by atoms with Crippen LogP contribution >= 0.6 is 8.38 Å². The van der Waals surface area contributed by atoms with Crippen LogP contribution in [0, 0.1) is 11.3 Å². The second-order valence-electron chi connectivity index (χ2n) is 4.77. The highest BCUT2D eigenvalue weighted by atomic mass is 31.2. The summed E-state index contributed by atoms with van der Waals surface area (Å²) >= 11 is 0. The maximum absolute atomic E-state index is 11.6. The summed E-state index contributed by atoms with van der Waals surface area (Å²) in [6.07, 6.45) is 4.60. The van der Waals surface area contributed by atoms with E-state index in [-0.39, 0.29) is 24.1 Å². The minimum absolute atomic E-state index is 0.0543. The molecule has 4 atom stereocenters. The van der Waals surface area contributed by atoms with Gasteiger partial charge < -0.3 is 18.8 Å². The highest BCUT2D eigenvalue weighted by molar-refractivity contribution is 7.46. The summed E-state index contributed by atoms with van der Waals surface area (Å²) in [6, 6.07) is 2.03. The van der Waals surface area contributed by atoms with Gasteiger partial charge in [-0.05, 0) is 6.42 Å². The number of imidazole rings is 1. The highest BCUT2D eigenvalue weighted by Gasteiger charge is 2.37. The van der Waals surface area contributed by atoms with Crippen LogP contribution in [0.2, 0.25) is 0 Å².